The van der Waals surface area contributed by atoms with Crippen molar-refractivity contribution in [3.05, 3.63) is 58.1 Å². The second kappa shape index (κ2) is 9.30. The highest BCUT2D eigenvalue weighted by molar-refractivity contribution is 6.36. The van der Waals surface area contributed by atoms with E-state index in [1.807, 2.05) is 31.2 Å². The van der Waals surface area contributed by atoms with E-state index in [-0.39, 0.29) is 17.7 Å². The van der Waals surface area contributed by atoms with Gasteiger partial charge < -0.3 is 15.0 Å². The van der Waals surface area contributed by atoms with Crippen LogP contribution in [0.25, 0.3) is 0 Å². The standard InChI is InChI=1S/C21H22Cl2N2O3/c1-2-28-17-6-4-16(5-7-17)24-20(26)14-9-11-25(12-10-14)21(27)18-8-3-15(22)13-19(18)23/h3-8,13-14H,2,9-12H2,1H3,(H,24,26). The molecule has 1 saturated heterocycles. The number of benzene rings is 2. The number of piperidine rings is 1. The Bertz CT molecular complexity index is 847. The van der Waals surface area contributed by atoms with Crippen LogP contribution >= 0.6 is 23.2 Å². The van der Waals surface area contributed by atoms with Crippen LogP contribution in [0.5, 0.6) is 5.75 Å². The maximum Gasteiger partial charge on any atom is 0.255 e. The fraction of sp³-hybridized carbons (Fsp3) is 0.333. The maximum atomic E-state index is 12.7. The van der Waals surface area contributed by atoms with Gasteiger partial charge in [0.2, 0.25) is 5.91 Å². The van der Waals surface area contributed by atoms with Crippen molar-refractivity contribution in [2.24, 2.45) is 5.92 Å². The lowest BCUT2D eigenvalue weighted by Crippen LogP contribution is -2.41. The van der Waals surface area contributed by atoms with Crippen LogP contribution in [0.4, 0.5) is 5.69 Å². The van der Waals surface area contributed by atoms with E-state index in [9.17, 15) is 9.59 Å². The summed E-state index contributed by atoms with van der Waals surface area (Å²) in [6.07, 6.45) is 1.22. The molecule has 5 nitrogen and oxygen atoms in total. The number of amides is 2. The third-order valence-electron chi connectivity index (χ3n) is 4.75. The van der Waals surface area contributed by atoms with Crippen LogP contribution in [-0.2, 0) is 4.79 Å². The van der Waals surface area contributed by atoms with Gasteiger partial charge in [-0.1, -0.05) is 23.2 Å². The molecule has 1 aliphatic heterocycles. The Hall–Kier alpha value is -2.24. The fourth-order valence-corrected chi connectivity index (χ4v) is 3.71. The molecular formula is C21H22Cl2N2O3. The van der Waals surface area contributed by atoms with Gasteiger partial charge in [-0.25, -0.2) is 0 Å². The molecule has 1 aliphatic rings. The highest BCUT2D eigenvalue weighted by Crippen LogP contribution is 2.26. The van der Waals surface area contributed by atoms with Gasteiger partial charge in [0.05, 0.1) is 17.2 Å². The minimum atomic E-state index is -0.132. The van der Waals surface area contributed by atoms with Crippen LogP contribution in [0.15, 0.2) is 42.5 Å². The second-order valence-electron chi connectivity index (χ2n) is 6.64. The van der Waals surface area contributed by atoms with Crippen molar-refractivity contribution in [3.63, 3.8) is 0 Å². The van der Waals surface area contributed by atoms with Crippen molar-refractivity contribution in [2.75, 3.05) is 25.0 Å². The monoisotopic (exact) mass is 420 g/mol. The van der Waals surface area contributed by atoms with Crippen molar-refractivity contribution >= 4 is 40.7 Å². The van der Waals surface area contributed by atoms with Gasteiger partial charge >= 0.3 is 0 Å². The smallest absolute Gasteiger partial charge is 0.255 e. The summed E-state index contributed by atoms with van der Waals surface area (Å²) >= 11 is 12.0. The highest BCUT2D eigenvalue weighted by Gasteiger charge is 2.28. The number of anilines is 1. The number of carbonyl (C=O) groups excluding carboxylic acids is 2. The first-order valence-electron chi connectivity index (χ1n) is 9.26. The van der Waals surface area contributed by atoms with Gasteiger partial charge in [0, 0.05) is 29.7 Å². The Morgan fingerprint density at radius 1 is 1.11 bits per heavy atom. The van der Waals surface area contributed by atoms with Crippen LogP contribution in [0, 0.1) is 5.92 Å². The van der Waals surface area contributed by atoms with Gasteiger partial charge in [0.25, 0.3) is 5.91 Å². The molecule has 1 fully saturated rings. The molecule has 0 unspecified atom stereocenters. The van der Waals surface area contributed by atoms with E-state index in [1.54, 1.807) is 23.1 Å². The molecule has 0 saturated carbocycles. The van der Waals surface area contributed by atoms with Gasteiger partial charge in [-0.15, -0.1) is 0 Å². The molecule has 7 heteroatoms. The first-order chi connectivity index (χ1) is 13.5. The predicted octanol–water partition coefficient (Wildman–Crippen LogP) is 4.88. The summed E-state index contributed by atoms with van der Waals surface area (Å²) in [5.74, 6) is 0.484. The number of likely N-dealkylation sites (tertiary alicyclic amines) is 1. The zero-order chi connectivity index (χ0) is 20.1. The van der Waals surface area contributed by atoms with Crippen molar-refractivity contribution in [1.29, 1.82) is 0 Å². The molecule has 28 heavy (non-hydrogen) atoms. The lowest BCUT2D eigenvalue weighted by molar-refractivity contribution is -0.121. The van der Waals surface area contributed by atoms with Crippen molar-refractivity contribution in [3.8, 4) is 5.75 Å². The minimum absolute atomic E-state index is 0.0271. The van der Waals surface area contributed by atoms with E-state index in [1.165, 1.54) is 0 Å². The Labute approximate surface area is 174 Å². The molecule has 2 aromatic carbocycles. The summed E-state index contributed by atoms with van der Waals surface area (Å²) in [6, 6.07) is 12.2. The van der Waals surface area contributed by atoms with Gasteiger partial charge in [-0.2, -0.15) is 0 Å². The van der Waals surface area contributed by atoms with E-state index < -0.39 is 0 Å². The average Bonchev–Trinajstić information content (AvgIpc) is 2.69. The molecule has 0 radical (unpaired) electrons. The Morgan fingerprint density at radius 3 is 2.39 bits per heavy atom. The SMILES string of the molecule is CCOc1ccc(NC(=O)C2CCN(C(=O)c3ccc(Cl)cc3Cl)CC2)cc1. The maximum absolute atomic E-state index is 12.7. The predicted molar refractivity (Wildman–Crippen MR) is 111 cm³/mol. The number of nitrogens with zero attached hydrogens (tertiary/aromatic N) is 1. The van der Waals surface area contributed by atoms with E-state index in [0.717, 1.165) is 11.4 Å². The number of hydrogen-bond acceptors (Lipinski definition) is 3. The van der Waals surface area contributed by atoms with Crippen molar-refractivity contribution in [1.82, 2.24) is 4.90 Å². The van der Waals surface area contributed by atoms with Crippen LogP contribution in [0.2, 0.25) is 10.0 Å². The molecular weight excluding hydrogens is 399 g/mol. The summed E-state index contributed by atoms with van der Waals surface area (Å²) in [5.41, 5.74) is 1.17. The number of carbonyl (C=O) groups is 2. The number of halogens is 2. The second-order valence-corrected chi connectivity index (χ2v) is 7.48. The van der Waals surface area contributed by atoms with Gasteiger partial charge in [-0.05, 0) is 62.2 Å². The molecule has 0 aromatic heterocycles. The molecule has 1 heterocycles. The first-order valence-corrected chi connectivity index (χ1v) is 10.0. The van der Waals surface area contributed by atoms with E-state index in [0.29, 0.717) is 48.1 Å². The topological polar surface area (TPSA) is 58.6 Å². The average molecular weight is 421 g/mol. The molecule has 2 amide bonds. The van der Waals surface area contributed by atoms with E-state index in [4.69, 9.17) is 27.9 Å². The van der Waals surface area contributed by atoms with E-state index in [2.05, 4.69) is 5.32 Å². The van der Waals surface area contributed by atoms with Crippen LogP contribution < -0.4 is 10.1 Å². The molecule has 2 aromatic rings. The fourth-order valence-electron chi connectivity index (χ4n) is 3.22. The Kier molecular flexibility index (Phi) is 6.81. The summed E-state index contributed by atoms with van der Waals surface area (Å²) < 4.78 is 5.40. The van der Waals surface area contributed by atoms with Gasteiger partial charge in [-0.3, -0.25) is 9.59 Å². The van der Waals surface area contributed by atoms with Gasteiger partial charge in [0.1, 0.15) is 5.75 Å². The third-order valence-corrected chi connectivity index (χ3v) is 5.30. The third kappa shape index (κ3) is 4.97. The zero-order valence-corrected chi connectivity index (χ0v) is 17.1. The Morgan fingerprint density at radius 2 is 1.79 bits per heavy atom. The van der Waals surface area contributed by atoms with Gasteiger partial charge in [0.15, 0.2) is 0 Å². The quantitative estimate of drug-likeness (QED) is 0.749. The highest BCUT2D eigenvalue weighted by atomic mass is 35.5. The van der Waals surface area contributed by atoms with Crippen LogP contribution in [-0.4, -0.2) is 36.4 Å². The lowest BCUT2D eigenvalue weighted by Gasteiger charge is -2.31. The lowest BCUT2D eigenvalue weighted by atomic mass is 9.95. The summed E-state index contributed by atoms with van der Waals surface area (Å²) in [4.78, 5) is 26.9. The largest absolute Gasteiger partial charge is 0.494 e. The number of nitrogens with one attached hydrogen (secondary N) is 1. The normalized spacial score (nSPS) is 14.6. The minimum Gasteiger partial charge on any atom is -0.494 e. The first kappa shape index (κ1) is 20.5. The number of hydrogen-bond donors (Lipinski definition) is 1. The summed E-state index contributed by atoms with van der Waals surface area (Å²) in [6.45, 7) is 3.55. The summed E-state index contributed by atoms with van der Waals surface area (Å²) in [5, 5.41) is 3.77. The summed E-state index contributed by atoms with van der Waals surface area (Å²) in [7, 11) is 0. The van der Waals surface area contributed by atoms with Crippen LogP contribution in [0.1, 0.15) is 30.1 Å². The molecule has 1 N–H and O–H groups in total. The zero-order valence-electron chi connectivity index (χ0n) is 15.6. The number of rotatable bonds is 5. The molecule has 148 valence electrons. The molecule has 0 atom stereocenters. The van der Waals surface area contributed by atoms with Crippen LogP contribution in [0.3, 0.4) is 0 Å². The molecule has 0 spiro atoms. The Balaban J connectivity index is 1.54. The molecule has 0 aliphatic carbocycles. The molecule has 0 bridgehead atoms. The number of ether oxygens (including phenoxy) is 1. The molecule has 3 rings (SSSR count). The van der Waals surface area contributed by atoms with Crippen molar-refractivity contribution in [2.45, 2.75) is 19.8 Å². The van der Waals surface area contributed by atoms with E-state index >= 15 is 0 Å². The van der Waals surface area contributed by atoms with Crippen molar-refractivity contribution < 1.29 is 14.3 Å².